The number of methoxy groups -OCH3 is 1. The average Bonchev–Trinajstić information content (AvgIpc) is 2.22. The predicted molar refractivity (Wildman–Crippen MR) is 63.9 cm³/mol. The van der Waals surface area contributed by atoms with E-state index in [-0.39, 0.29) is 5.97 Å². The number of esters is 1. The number of rotatable bonds is 2. The molecule has 0 bridgehead atoms. The molecule has 1 aromatic heterocycles. The fourth-order valence-corrected chi connectivity index (χ4v) is 2.81. The number of aromatic nitrogens is 2. The molecule has 0 N–H and O–H groups in total. The molecule has 0 aromatic carbocycles. The third-order valence-electron chi connectivity index (χ3n) is 3.27. The molecule has 0 aliphatic heterocycles. The standard InChI is InChI=1S/C12H15ClN2O2/c1-7-5-12(6-7,11(16)17-3)9-4-10(13)15-8(2)14-9/h4,7H,5-6H2,1-3H3. The number of carbonyl (C=O) groups excluding carboxylic acids is 1. The van der Waals surface area contributed by atoms with Gasteiger partial charge in [0.2, 0.25) is 0 Å². The Bertz CT molecular complexity index is 436. The smallest absolute Gasteiger partial charge is 0.317 e. The molecule has 1 heterocycles. The van der Waals surface area contributed by atoms with Gasteiger partial charge in [-0.05, 0) is 31.7 Å². The summed E-state index contributed by atoms with van der Waals surface area (Å²) < 4.78 is 4.90. The van der Waals surface area contributed by atoms with Crippen LogP contribution in [0.3, 0.4) is 0 Å². The van der Waals surface area contributed by atoms with E-state index in [9.17, 15) is 4.79 Å². The van der Waals surface area contributed by atoms with Crippen LogP contribution in [-0.4, -0.2) is 23.0 Å². The van der Waals surface area contributed by atoms with Crippen molar-refractivity contribution in [1.82, 2.24) is 9.97 Å². The van der Waals surface area contributed by atoms with E-state index in [0.717, 1.165) is 12.8 Å². The van der Waals surface area contributed by atoms with Gasteiger partial charge in [0.15, 0.2) is 0 Å². The first-order valence-electron chi connectivity index (χ1n) is 5.58. The fourth-order valence-electron chi connectivity index (χ4n) is 2.58. The number of nitrogens with zero attached hydrogens (tertiary/aromatic N) is 2. The van der Waals surface area contributed by atoms with Crippen LogP contribution in [0.15, 0.2) is 6.07 Å². The van der Waals surface area contributed by atoms with E-state index in [1.54, 1.807) is 13.0 Å². The van der Waals surface area contributed by atoms with Crippen molar-refractivity contribution in [1.29, 1.82) is 0 Å². The highest BCUT2D eigenvalue weighted by Gasteiger charge is 2.52. The minimum Gasteiger partial charge on any atom is -0.468 e. The zero-order chi connectivity index (χ0) is 12.6. The molecule has 0 amide bonds. The summed E-state index contributed by atoms with van der Waals surface area (Å²) in [4.78, 5) is 20.3. The molecule has 0 atom stereocenters. The summed E-state index contributed by atoms with van der Waals surface area (Å²) in [6.07, 6.45) is 1.51. The van der Waals surface area contributed by atoms with Crippen molar-refractivity contribution < 1.29 is 9.53 Å². The Kier molecular flexibility index (Phi) is 3.08. The molecule has 1 aliphatic rings. The summed E-state index contributed by atoms with van der Waals surface area (Å²) in [5.41, 5.74) is 0.0610. The van der Waals surface area contributed by atoms with Crippen LogP contribution in [0.25, 0.3) is 0 Å². The van der Waals surface area contributed by atoms with Crippen LogP contribution >= 0.6 is 11.6 Å². The minimum atomic E-state index is -0.620. The molecule has 0 unspecified atom stereocenters. The highest BCUT2D eigenvalue weighted by atomic mass is 35.5. The Morgan fingerprint density at radius 3 is 2.65 bits per heavy atom. The number of ether oxygens (including phenoxy) is 1. The Hall–Kier alpha value is -1.16. The fraction of sp³-hybridized carbons (Fsp3) is 0.583. The van der Waals surface area contributed by atoms with E-state index in [1.165, 1.54) is 7.11 Å². The van der Waals surface area contributed by atoms with Gasteiger partial charge in [-0.25, -0.2) is 9.97 Å². The minimum absolute atomic E-state index is 0.232. The van der Waals surface area contributed by atoms with Gasteiger partial charge >= 0.3 is 5.97 Å². The molecule has 1 aliphatic carbocycles. The number of carbonyl (C=O) groups is 1. The molecule has 92 valence electrons. The van der Waals surface area contributed by atoms with Crippen molar-refractivity contribution in [2.45, 2.75) is 32.1 Å². The average molecular weight is 255 g/mol. The Balaban J connectivity index is 2.43. The predicted octanol–water partition coefficient (Wildman–Crippen LogP) is 2.28. The first kappa shape index (κ1) is 12.3. The van der Waals surface area contributed by atoms with Crippen molar-refractivity contribution in [3.8, 4) is 0 Å². The van der Waals surface area contributed by atoms with Crippen LogP contribution < -0.4 is 0 Å². The molecule has 17 heavy (non-hydrogen) atoms. The van der Waals surface area contributed by atoms with Crippen LogP contribution in [0.2, 0.25) is 5.15 Å². The molecule has 0 spiro atoms. The van der Waals surface area contributed by atoms with Gasteiger partial charge in [0.25, 0.3) is 0 Å². The summed E-state index contributed by atoms with van der Waals surface area (Å²) in [5, 5.41) is 0.371. The highest BCUT2D eigenvalue weighted by Crippen LogP contribution is 2.48. The van der Waals surface area contributed by atoms with Gasteiger partial charge in [0.05, 0.1) is 12.8 Å². The zero-order valence-corrected chi connectivity index (χ0v) is 10.9. The Labute approximate surface area is 105 Å². The lowest BCUT2D eigenvalue weighted by Gasteiger charge is -2.43. The maximum absolute atomic E-state index is 12.0. The maximum atomic E-state index is 12.0. The molecule has 1 saturated carbocycles. The molecule has 1 aromatic rings. The lowest BCUT2D eigenvalue weighted by atomic mass is 9.60. The van der Waals surface area contributed by atoms with Crippen LogP contribution in [0.5, 0.6) is 0 Å². The highest BCUT2D eigenvalue weighted by molar-refractivity contribution is 6.29. The number of hydrogen-bond acceptors (Lipinski definition) is 4. The molecule has 0 saturated heterocycles. The normalized spacial score (nSPS) is 27.4. The first-order chi connectivity index (χ1) is 7.98. The van der Waals surface area contributed by atoms with Crippen molar-refractivity contribution in [3.05, 3.63) is 22.7 Å². The second-order valence-electron chi connectivity index (χ2n) is 4.71. The number of hydrogen-bond donors (Lipinski definition) is 0. The monoisotopic (exact) mass is 254 g/mol. The Morgan fingerprint density at radius 1 is 1.53 bits per heavy atom. The topological polar surface area (TPSA) is 52.1 Å². The zero-order valence-electron chi connectivity index (χ0n) is 10.2. The molecule has 2 rings (SSSR count). The summed E-state index contributed by atoms with van der Waals surface area (Å²) >= 11 is 5.92. The Morgan fingerprint density at radius 2 is 2.18 bits per heavy atom. The number of halogens is 1. The van der Waals surface area contributed by atoms with E-state index in [2.05, 4.69) is 16.9 Å². The van der Waals surface area contributed by atoms with Gasteiger partial charge in [-0.2, -0.15) is 0 Å². The van der Waals surface area contributed by atoms with E-state index >= 15 is 0 Å². The first-order valence-corrected chi connectivity index (χ1v) is 5.96. The van der Waals surface area contributed by atoms with Crippen molar-refractivity contribution in [2.24, 2.45) is 5.92 Å². The lowest BCUT2D eigenvalue weighted by Crippen LogP contribution is -2.48. The molecule has 5 heteroatoms. The van der Waals surface area contributed by atoms with Crippen molar-refractivity contribution >= 4 is 17.6 Å². The van der Waals surface area contributed by atoms with Gasteiger partial charge < -0.3 is 4.74 Å². The van der Waals surface area contributed by atoms with E-state index < -0.39 is 5.41 Å². The van der Waals surface area contributed by atoms with Crippen molar-refractivity contribution in [2.75, 3.05) is 7.11 Å². The summed E-state index contributed by atoms with van der Waals surface area (Å²) in [6.45, 7) is 3.87. The van der Waals surface area contributed by atoms with Crippen LogP contribution in [-0.2, 0) is 14.9 Å². The third-order valence-corrected chi connectivity index (χ3v) is 3.46. The van der Waals surface area contributed by atoms with Gasteiger partial charge in [0.1, 0.15) is 16.4 Å². The van der Waals surface area contributed by atoms with Crippen molar-refractivity contribution in [3.63, 3.8) is 0 Å². The van der Waals surface area contributed by atoms with E-state index in [4.69, 9.17) is 16.3 Å². The maximum Gasteiger partial charge on any atom is 0.317 e. The number of aryl methyl sites for hydroxylation is 1. The van der Waals surface area contributed by atoms with E-state index in [1.807, 2.05) is 0 Å². The van der Waals surface area contributed by atoms with Gasteiger partial charge in [-0.15, -0.1) is 0 Å². The quantitative estimate of drug-likeness (QED) is 0.600. The van der Waals surface area contributed by atoms with E-state index in [0.29, 0.717) is 22.6 Å². The molecule has 0 radical (unpaired) electrons. The lowest BCUT2D eigenvalue weighted by molar-refractivity contribution is -0.153. The molecule has 1 fully saturated rings. The summed E-state index contributed by atoms with van der Waals surface area (Å²) in [7, 11) is 1.41. The second-order valence-corrected chi connectivity index (χ2v) is 5.10. The molecule has 4 nitrogen and oxygen atoms in total. The summed E-state index contributed by atoms with van der Waals surface area (Å²) in [6, 6.07) is 1.66. The SMILES string of the molecule is COC(=O)C1(c2cc(Cl)nc(C)n2)CC(C)C1. The molecular formula is C12H15ClN2O2. The van der Waals surface area contributed by atoms with Gasteiger partial charge in [-0.3, -0.25) is 4.79 Å². The van der Waals surface area contributed by atoms with Crippen LogP contribution in [0, 0.1) is 12.8 Å². The third kappa shape index (κ3) is 2.02. The second kappa shape index (κ2) is 4.26. The van der Waals surface area contributed by atoms with Gasteiger partial charge in [-0.1, -0.05) is 18.5 Å². The van der Waals surface area contributed by atoms with Gasteiger partial charge in [0, 0.05) is 0 Å². The summed E-state index contributed by atoms with van der Waals surface area (Å²) in [5.74, 6) is 0.850. The largest absolute Gasteiger partial charge is 0.468 e. The van der Waals surface area contributed by atoms with Crippen LogP contribution in [0.1, 0.15) is 31.3 Å². The van der Waals surface area contributed by atoms with Crippen LogP contribution in [0.4, 0.5) is 0 Å². The molecular weight excluding hydrogens is 240 g/mol.